The van der Waals surface area contributed by atoms with Gasteiger partial charge in [0.1, 0.15) is 12.2 Å². The van der Waals surface area contributed by atoms with Gasteiger partial charge in [0.25, 0.3) is 0 Å². The highest BCUT2D eigenvalue weighted by Crippen LogP contribution is 2.40. The summed E-state index contributed by atoms with van der Waals surface area (Å²) in [5.41, 5.74) is -1.79. The maximum Gasteiger partial charge on any atom is 0.411 e. The van der Waals surface area contributed by atoms with Gasteiger partial charge in [-0.05, 0) is 50.2 Å². The number of ether oxygens (including phenoxy) is 2. The monoisotopic (exact) mass is 497 g/mol. The van der Waals surface area contributed by atoms with E-state index in [2.05, 4.69) is 0 Å². The molecule has 0 saturated heterocycles. The summed E-state index contributed by atoms with van der Waals surface area (Å²) >= 11 is 0. The van der Waals surface area contributed by atoms with E-state index in [-0.39, 0.29) is 19.4 Å². The largest absolute Gasteiger partial charge is 0.479 e. The summed E-state index contributed by atoms with van der Waals surface area (Å²) in [6, 6.07) is 18.3. The van der Waals surface area contributed by atoms with Crippen molar-refractivity contribution in [2.75, 3.05) is 7.05 Å². The average molecular weight is 498 g/mol. The Morgan fingerprint density at radius 3 is 1.81 bits per heavy atom. The zero-order chi connectivity index (χ0) is 27.1. The number of amides is 1. The normalized spacial score (nSPS) is 14.3. The summed E-state index contributed by atoms with van der Waals surface area (Å²) in [5, 5.41) is 10.7. The maximum atomic E-state index is 13.7. The molecule has 2 aromatic carbocycles. The Kier molecular flexibility index (Phi) is 9.30. The summed E-state index contributed by atoms with van der Waals surface area (Å²) < 4.78 is 11.2. The zero-order valence-corrected chi connectivity index (χ0v) is 22.4. The molecule has 0 bridgehead atoms. The van der Waals surface area contributed by atoms with Crippen molar-refractivity contribution in [3.8, 4) is 0 Å². The van der Waals surface area contributed by atoms with Crippen LogP contribution in [0.1, 0.15) is 59.1 Å². The molecule has 2 atom stereocenters. The third kappa shape index (κ3) is 7.83. The molecule has 2 aromatic rings. The minimum Gasteiger partial charge on any atom is -0.479 e. The Morgan fingerprint density at radius 2 is 1.36 bits per heavy atom. The second-order valence-corrected chi connectivity index (χ2v) is 11.3. The van der Waals surface area contributed by atoms with Gasteiger partial charge in [-0.2, -0.15) is 0 Å². The fourth-order valence-electron chi connectivity index (χ4n) is 4.27. The predicted molar refractivity (Wildman–Crippen MR) is 138 cm³/mol. The van der Waals surface area contributed by atoms with Gasteiger partial charge < -0.3 is 14.6 Å². The molecule has 1 amide bonds. The molecule has 0 aliphatic carbocycles. The predicted octanol–water partition coefficient (Wildman–Crippen LogP) is 5.72. The average Bonchev–Trinajstić information content (AvgIpc) is 2.78. The first-order valence-corrected chi connectivity index (χ1v) is 12.1. The first-order chi connectivity index (χ1) is 16.7. The summed E-state index contributed by atoms with van der Waals surface area (Å²) in [4.78, 5) is 41.2. The van der Waals surface area contributed by atoms with Gasteiger partial charge in [0.15, 0.2) is 5.54 Å². The molecule has 7 heteroatoms. The standard InChI is InChI=1S/C29H39NO6/c1-27(2,3)20-29(25(32)33,30(7)26(34)36-28(4,5)6)23(18-21-14-10-8-11-15-21)24(31)35-19-22-16-12-9-13-17-22/h8-17,23H,18-20H2,1-7H3,(H,32,33)/t23-,29-/m0/s1. The van der Waals surface area contributed by atoms with Crippen LogP contribution >= 0.6 is 0 Å². The molecule has 2 rings (SSSR count). The van der Waals surface area contributed by atoms with Crippen LogP contribution in [0.3, 0.4) is 0 Å². The van der Waals surface area contributed by atoms with Crippen LogP contribution in [0.2, 0.25) is 0 Å². The van der Waals surface area contributed by atoms with Crippen LogP contribution in [0.25, 0.3) is 0 Å². The van der Waals surface area contributed by atoms with Crippen molar-refractivity contribution in [3.63, 3.8) is 0 Å². The van der Waals surface area contributed by atoms with Crippen molar-refractivity contribution in [2.24, 2.45) is 11.3 Å². The van der Waals surface area contributed by atoms with E-state index in [1.165, 1.54) is 7.05 Å². The quantitative estimate of drug-likeness (QED) is 0.446. The van der Waals surface area contributed by atoms with Gasteiger partial charge >= 0.3 is 18.0 Å². The summed E-state index contributed by atoms with van der Waals surface area (Å²) in [6.45, 7) is 10.8. The number of hydrogen-bond acceptors (Lipinski definition) is 5. The highest BCUT2D eigenvalue weighted by molar-refractivity contribution is 5.91. The van der Waals surface area contributed by atoms with Crippen molar-refractivity contribution < 1.29 is 29.0 Å². The molecule has 0 unspecified atom stereocenters. The van der Waals surface area contributed by atoms with E-state index in [4.69, 9.17) is 9.47 Å². The first-order valence-electron chi connectivity index (χ1n) is 12.1. The Labute approximate surface area is 214 Å². The number of carbonyl (C=O) groups excluding carboxylic acids is 2. The number of nitrogens with zero attached hydrogens (tertiary/aromatic N) is 1. The number of likely N-dealkylation sites (N-methyl/N-ethyl adjacent to an activating group) is 1. The van der Waals surface area contributed by atoms with Gasteiger partial charge in [0.2, 0.25) is 0 Å². The molecular weight excluding hydrogens is 458 g/mol. The fraction of sp³-hybridized carbons (Fsp3) is 0.483. The van der Waals surface area contributed by atoms with Crippen molar-refractivity contribution in [1.82, 2.24) is 4.90 Å². The van der Waals surface area contributed by atoms with Crippen molar-refractivity contribution >= 4 is 18.0 Å². The smallest absolute Gasteiger partial charge is 0.411 e. The van der Waals surface area contributed by atoms with Gasteiger partial charge in [-0.25, -0.2) is 9.59 Å². The van der Waals surface area contributed by atoms with Crippen molar-refractivity contribution in [3.05, 3.63) is 71.8 Å². The van der Waals surface area contributed by atoms with E-state index in [0.717, 1.165) is 16.0 Å². The van der Waals surface area contributed by atoms with E-state index in [1.54, 1.807) is 20.8 Å². The lowest BCUT2D eigenvalue weighted by atomic mass is 9.69. The van der Waals surface area contributed by atoms with E-state index >= 15 is 0 Å². The Balaban J connectivity index is 2.61. The lowest BCUT2D eigenvalue weighted by Crippen LogP contribution is -2.64. The highest BCUT2D eigenvalue weighted by Gasteiger charge is 2.57. The number of rotatable bonds is 9. The number of carbonyl (C=O) groups is 3. The van der Waals surface area contributed by atoms with E-state index in [9.17, 15) is 19.5 Å². The summed E-state index contributed by atoms with van der Waals surface area (Å²) in [6.07, 6.45) is -0.740. The number of aliphatic carboxylic acids is 1. The van der Waals surface area contributed by atoms with Gasteiger partial charge in [0.05, 0.1) is 5.92 Å². The van der Waals surface area contributed by atoms with Gasteiger partial charge in [-0.15, -0.1) is 0 Å². The third-order valence-electron chi connectivity index (χ3n) is 5.80. The second kappa shape index (κ2) is 11.6. The topological polar surface area (TPSA) is 93.1 Å². The molecule has 0 spiro atoms. The molecule has 0 saturated carbocycles. The molecule has 0 fully saturated rings. The van der Waals surface area contributed by atoms with Crippen LogP contribution < -0.4 is 0 Å². The SMILES string of the molecule is CN(C(=O)OC(C)(C)C)[C@](CC(C)(C)C)(C(=O)O)[C@@H](Cc1ccccc1)C(=O)OCc1ccccc1. The molecule has 0 aromatic heterocycles. The molecule has 7 nitrogen and oxygen atoms in total. The fourth-order valence-corrected chi connectivity index (χ4v) is 4.27. The van der Waals surface area contributed by atoms with E-state index in [0.29, 0.717) is 0 Å². The van der Waals surface area contributed by atoms with Gasteiger partial charge in [-0.1, -0.05) is 81.4 Å². The van der Waals surface area contributed by atoms with E-state index < -0.39 is 40.5 Å². The molecule has 196 valence electrons. The Bertz CT molecular complexity index is 1020. The van der Waals surface area contributed by atoms with Crippen molar-refractivity contribution in [1.29, 1.82) is 0 Å². The number of carboxylic acid groups (broad SMARTS) is 1. The Hall–Kier alpha value is -3.35. The summed E-state index contributed by atoms with van der Waals surface area (Å²) in [5.74, 6) is -3.18. The lowest BCUT2D eigenvalue weighted by Gasteiger charge is -2.45. The van der Waals surface area contributed by atoms with Gasteiger partial charge in [-0.3, -0.25) is 9.69 Å². The van der Waals surface area contributed by atoms with Gasteiger partial charge in [0, 0.05) is 7.05 Å². The number of esters is 1. The molecule has 1 N–H and O–H groups in total. The van der Waals surface area contributed by atoms with Crippen LogP contribution in [0.5, 0.6) is 0 Å². The first kappa shape index (κ1) is 28.9. The maximum absolute atomic E-state index is 13.7. The van der Waals surface area contributed by atoms with Crippen LogP contribution in [0, 0.1) is 11.3 Å². The molecule has 0 radical (unpaired) electrons. The Morgan fingerprint density at radius 1 is 0.861 bits per heavy atom. The summed E-state index contributed by atoms with van der Waals surface area (Å²) in [7, 11) is 1.39. The van der Waals surface area contributed by atoms with Crippen LogP contribution in [0.15, 0.2) is 60.7 Å². The number of carboxylic acids is 1. The third-order valence-corrected chi connectivity index (χ3v) is 5.80. The molecule has 0 aliphatic rings. The van der Waals surface area contributed by atoms with Crippen molar-refractivity contribution in [2.45, 2.75) is 72.1 Å². The van der Waals surface area contributed by atoms with Crippen LogP contribution in [-0.2, 0) is 32.1 Å². The minimum atomic E-state index is -1.93. The molecular formula is C29H39NO6. The zero-order valence-electron chi connectivity index (χ0n) is 22.4. The lowest BCUT2D eigenvalue weighted by molar-refractivity contribution is -0.170. The minimum absolute atomic E-state index is 0.00299. The molecule has 0 aliphatic heterocycles. The van der Waals surface area contributed by atoms with Crippen LogP contribution in [0.4, 0.5) is 4.79 Å². The highest BCUT2D eigenvalue weighted by atomic mass is 16.6. The second-order valence-electron chi connectivity index (χ2n) is 11.3. The van der Waals surface area contributed by atoms with E-state index in [1.807, 2.05) is 81.4 Å². The number of hydrogen-bond donors (Lipinski definition) is 1. The number of benzene rings is 2. The molecule has 0 heterocycles. The molecule has 36 heavy (non-hydrogen) atoms. The van der Waals surface area contributed by atoms with Crippen LogP contribution in [-0.4, -0.2) is 46.2 Å².